The second kappa shape index (κ2) is 6.48. The molecular weight excluding hydrogens is 238 g/mol. The van der Waals surface area contributed by atoms with Crippen LogP contribution in [0.25, 0.3) is 0 Å². The number of hydrogen-bond donors (Lipinski definition) is 2. The summed E-state index contributed by atoms with van der Waals surface area (Å²) in [6.07, 6.45) is 2.07. The Balaban J connectivity index is 2.45. The molecule has 1 unspecified atom stereocenters. The van der Waals surface area contributed by atoms with Crippen molar-refractivity contribution >= 4 is 23.6 Å². The van der Waals surface area contributed by atoms with Crippen molar-refractivity contribution in [3.63, 3.8) is 0 Å². The number of carbonyl (C=O) groups excluding carboxylic acids is 1. The van der Waals surface area contributed by atoms with Crippen molar-refractivity contribution < 1.29 is 4.79 Å². The maximum atomic E-state index is 11.7. The van der Waals surface area contributed by atoms with E-state index in [1.54, 1.807) is 11.6 Å². The largest absolute Gasteiger partial charge is 0.368 e. The SMILES string of the molecule is CCCCNC(=O)C(C)Sc1nnc(N)n1C. The van der Waals surface area contributed by atoms with E-state index in [2.05, 4.69) is 22.4 Å². The molecule has 0 saturated heterocycles. The van der Waals surface area contributed by atoms with Gasteiger partial charge in [-0.15, -0.1) is 10.2 Å². The van der Waals surface area contributed by atoms with Gasteiger partial charge in [0.1, 0.15) is 0 Å². The minimum absolute atomic E-state index is 0.0185. The van der Waals surface area contributed by atoms with E-state index in [4.69, 9.17) is 5.73 Å². The van der Waals surface area contributed by atoms with Gasteiger partial charge in [-0.25, -0.2) is 0 Å². The average molecular weight is 257 g/mol. The summed E-state index contributed by atoms with van der Waals surface area (Å²) in [6.45, 7) is 4.66. The molecular formula is C10H19N5OS. The van der Waals surface area contributed by atoms with E-state index in [0.29, 0.717) is 11.1 Å². The lowest BCUT2D eigenvalue weighted by atomic mass is 10.3. The van der Waals surface area contributed by atoms with Crippen LogP contribution in [-0.2, 0) is 11.8 Å². The van der Waals surface area contributed by atoms with Crippen LogP contribution in [0.2, 0.25) is 0 Å². The zero-order valence-electron chi connectivity index (χ0n) is 10.4. The van der Waals surface area contributed by atoms with Gasteiger partial charge in [0.05, 0.1) is 5.25 Å². The van der Waals surface area contributed by atoms with E-state index in [9.17, 15) is 4.79 Å². The number of carbonyl (C=O) groups is 1. The Labute approximate surface area is 105 Å². The topological polar surface area (TPSA) is 85.8 Å². The summed E-state index contributed by atoms with van der Waals surface area (Å²) in [6, 6.07) is 0. The Morgan fingerprint density at radius 3 is 2.82 bits per heavy atom. The van der Waals surface area contributed by atoms with Gasteiger partial charge in [-0.2, -0.15) is 0 Å². The first-order chi connectivity index (χ1) is 8.06. The van der Waals surface area contributed by atoms with Gasteiger partial charge < -0.3 is 11.1 Å². The summed E-state index contributed by atoms with van der Waals surface area (Å²) in [5.74, 6) is 0.371. The fourth-order valence-electron chi connectivity index (χ4n) is 1.17. The molecule has 1 atom stereocenters. The first-order valence-corrected chi connectivity index (χ1v) is 6.53. The number of hydrogen-bond acceptors (Lipinski definition) is 5. The third kappa shape index (κ3) is 3.92. The fourth-order valence-corrected chi connectivity index (χ4v) is 2.02. The molecule has 1 heterocycles. The lowest BCUT2D eigenvalue weighted by Crippen LogP contribution is -2.31. The van der Waals surface area contributed by atoms with E-state index in [0.717, 1.165) is 19.4 Å². The molecule has 6 nitrogen and oxygen atoms in total. The van der Waals surface area contributed by atoms with Gasteiger partial charge in [0, 0.05) is 13.6 Å². The minimum Gasteiger partial charge on any atom is -0.368 e. The van der Waals surface area contributed by atoms with E-state index in [-0.39, 0.29) is 11.2 Å². The smallest absolute Gasteiger partial charge is 0.233 e. The van der Waals surface area contributed by atoms with Crippen LogP contribution in [0.15, 0.2) is 5.16 Å². The molecule has 0 aliphatic heterocycles. The van der Waals surface area contributed by atoms with Gasteiger partial charge in [-0.05, 0) is 13.3 Å². The predicted octanol–water partition coefficient (Wildman–Crippen LogP) is 0.794. The van der Waals surface area contributed by atoms with Crippen LogP contribution in [0.1, 0.15) is 26.7 Å². The van der Waals surface area contributed by atoms with Crippen LogP contribution in [0, 0.1) is 0 Å². The first kappa shape index (κ1) is 13.8. The summed E-state index contributed by atoms with van der Waals surface area (Å²) in [4.78, 5) is 11.7. The Kier molecular flexibility index (Phi) is 5.27. The fraction of sp³-hybridized carbons (Fsp3) is 0.700. The number of nitrogens with one attached hydrogen (secondary N) is 1. The van der Waals surface area contributed by atoms with E-state index >= 15 is 0 Å². The van der Waals surface area contributed by atoms with Gasteiger partial charge in [0.2, 0.25) is 11.9 Å². The van der Waals surface area contributed by atoms with Crippen molar-refractivity contribution in [2.75, 3.05) is 12.3 Å². The lowest BCUT2D eigenvalue weighted by molar-refractivity contribution is -0.120. The Hall–Kier alpha value is -1.24. The number of aromatic nitrogens is 3. The van der Waals surface area contributed by atoms with Crippen molar-refractivity contribution in [2.45, 2.75) is 37.1 Å². The molecule has 0 radical (unpaired) electrons. The second-order valence-corrected chi connectivity index (χ2v) is 5.11. The molecule has 3 N–H and O–H groups in total. The highest BCUT2D eigenvalue weighted by molar-refractivity contribution is 8.00. The van der Waals surface area contributed by atoms with Gasteiger partial charge in [0.25, 0.3) is 0 Å². The van der Waals surface area contributed by atoms with Crippen molar-refractivity contribution in [1.29, 1.82) is 0 Å². The summed E-state index contributed by atoms with van der Waals surface area (Å²) in [5.41, 5.74) is 5.57. The number of anilines is 1. The predicted molar refractivity (Wildman–Crippen MR) is 68.7 cm³/mol. The number of thioether (sulfide) groups is 1. The van der Waals surface area contributed by atoms with Gasteiger partial charge in [0.15, 0.2) is 5.16 Å². The van der Waals surface area contributed by atoms with Crippen LogP contribution in [0.3, 0.4) is 0 Å². The van der Waals surface area contributed by atoms with Crippen LogP contribution in [0.4, 0.5) is 5.95 Å². The minimum atomic E-state index is -0.200. The molecule has 1 rings (SSSR count). The third-order valence-electron chi connectivity index (χ3n) is 2.35. The molecule has 96 valence electrons. The molecule has 0 fully saturated rings. The summed E-state index contributed by atoms with van der Waals surface area (Å²) in [5, 5.41) is 11.0. The summed E-state index contributed by atoms with van der Waals surface area (Å²) < 4.78 is 1.67. The molecule has 17 heavy (non-hydrogen) atoms. The maximum Gasteiger partial charge on any atom is 0.233 e. The van der Waals surface area contributed by atoms with Crippen molar-refractivity contribution in [1.82, 2.24) is 20.1 Å². The van der Waals surface area contributed by atoms with Crippen molar-refractivity contribution in [3.05, 3.63) is 0 Å². The maximum absolute atomic E-state index is 11.7. The highest BCUT2D eigenvalue weighted by Gasteiger charge is 2.17. The molecule has 7 heteroatoms. The Bertz CT molecular complexity index is 379. The zero-order valence-corrected chi connectivity index (χ0v) is 11.3. The highest BCUT2D eigenvalue weighted by Crippen LogP contribution is 2.21. The normalized spacial score (nSPS) is 12.4. The second-order valence-electron chi connectivity index (χ2n) is 3.80. The number of amides is 1. The molecule has 0 spiro atoms. The van der Waals surface area contributed by atoms with E-state index in [1.807, 2.05) is 6.92 Å². The number of nitrogen functional groups attached to an aromatic ring is 1. The molecule has 0 aliphatic rings. The highest BCUT2D eigenvalue weighted by atomic mass is 32.2. The van der Waals surface area contributed by atoms with Gasteiger partial charge in [-0.1, -0.05) is 25.1 Å². The van der Waals surface area contributed by atoms with Gasteiger partial charge >= 0.3 is 0 Å². The van der Waals surface area contributed by atoms with Crippen molar-refractivity contribution in [3.8, 4) is 0 Å². The van der Waals surface area contributed by atoms with Crippen LogP contribution in [0.5, 0.6) is 0 Å². The van der Waals surface area contributed by atoms with Crippen LogP contribution in [-0.4, -0.2) is 32.5 Å². The molecule has 0 aliphatic carbocycles. The quantitative estimate of drug-likeness (QED) is 0.581. The number of nitrogens with two attached hydrogens (primary N) is 1. The summed E-state index contributed by atoms with van der Waals surface area (Å²) >= 11 is 1.35. The summed E-state index contributed by atoms with van der Waals surface area (Å²) in [7, 11) is 1.78. The van der Waals surface area contributed by atoms with E-state index in [1.165, 1.54) is 11.8 Å². The monoisotopic (exact) mass is 257 g/mol. The lowest BCUT2D eigenvalue weighted by Gasteiger charge is -2.10. The number of unbranched alkanes of at least 4 members (excludes halogenated alkanes) is 1. The molecule has 0 bridgehead atoms. The molecule has 0 aromatic carbocycles. The molecule has 1 aromatic heterocycles. The van der Waals surface area contributed by atoms with Gasteiger partial charge in [-0.3, -0.25) is 9.36 Å². The average Bonchev–Trinajstić information content (AvgIpc) is 2.61. The van der Waals surface area contributed by atoms with Crippen LogP contribution >= 0.6 is 11.8 Å². The molecule has 1 amide bonds. The number of rotatable bonds is 6. The number of nitrogens with zero attached hydrogens (tertiary/aromatic N) is 3. The Morgan fingerprint density at radius 2 is 2.29 bits per heavy atom. The zero-order chi connectivity index (χ0) is 12.8. The van der Waals surface area contributed by atoms with E-state index < -0.39 is 0 Å². The molecule has 1 aromatic rings. The first-order valence-electron chi connectivity index (χ1n) is 5.65. The standard InChI is InChI=1S/C10H19N5OS/c1-4-5-6-12-8(16)7(2)17-10-14-13-9(11)15(10)3/h7H,4-6H2,1-3H3,(H2,11,13)(H,12,16). The van der Waals surface area contributed by atoms with Crippen LogP contribution < -0.4 is 11.1 Å². The third-order valence-corrected chi connectivity index (χ3v) is 3.48. The van der Waals surface area contributed by atoms with Crippen molar-refractivity contribution in [2.24, 2.45) is 7.05 Å². The Morgan fingerprint density at radius 1 is 1.59 bits per heavy atom. The molecule has 0 saturated carbocycles.